The number of nitrogens with zero attached hydrogens (tertiary/aromatic N) is 3. The number of rotatable bonds is 5. The maximum atomic E-state index is 12.4. The van der Waals surface area contributed by atoms with E-state index in [1.165, 1.54) is 23.0 Å². The summed E-state index contributed by atoms with van der Waals surface area (Å²) in [5.74, 6) is -0.352. The zero-order chi connectivity index (χ0) is 20.3. The van der Waals surface area contributed by atoms with Crippen molar-refractivity contribution >= 4 is 55.4 Å². The van der Waals surface area contributed by atoms with E-state index in [0.717, 1.165) is 0 Å². The Bertz CT molecular complexity index is 1120. The van der Waals surface area contributed by atoms with Gasteiger partial charge in [0.25, 0.3) is 0 Å². The number of hydrogen-bond donors (Lipinski definition) is 2. The second-order valence-electron chi connectivity index (χ2n) is 5.83. The minimum Gasteiger partial charge on any atom is -0.326 e. The van der Waals surface area contributed by atoms with E-state index in [-0.39, 0.29) is 28.6 Å². The van der Waals surface area contributed by atoms with E-state index in [1.54, 1.807) is 30.6 Å². The summed E-state index contributed by atoms with van der Waals surface area (Å²) in [5.41, 5.74) is 1.19. The molecule has 0 fully saturated rings. The van der Waals surface area contributed by atoms with Crippen molar-refractivity contribution in [3.8, 4) is 5.69 Å². The molecule has 1 aromatic carbocycles. The van der Waals surface area contributed by atoms with Crippen LogP contribution in [0.25, 0.3) is 5.69 Å². The van der Waals surface area contributed by atoms with Crippen molar-refractivity contribution in [3.63, 3.8) is 0 Å². The largest absolute Gasteiger partial charge is 0.326 e. The van der Waals surface area contributed by atoms with Crippen LogP contribution in [0.2, 0.25) is 0 Å². The Labute approximate surface area is 175 Å². The average molecular weight is 485 g/mol. The average Bonchev–Trinajstić information content (AvgIpc) is 2.95. The van der Waals surface area contributed by atoms with Crippen LogP contribution in [-0.4, -0.2) is 36.9 Å². The summed E-state index contributed by atoms with van der Waals surface area (Å²) < 4.78 is 26.1. The standard InChI is InChI=1S/C17H15BrClN5O3S/c18-12-8-22-24(10-12)15-4-3-13(7-16(15)28(20,26)27)23-17(25)6-11-2-1-5-21-9-14(11)19/h1-5,7-8,10H,6,9H2,(H,23,25)(H2,20,26,27). The lowest BCUT2D eigenvalue weighted by Crippen LogP contribution is -2.17. The van der Waals surface area contributed by atoms with E-state index in [0.29, 0.717) is 21.6 Å². The molecule has 0 bridgehead atoms. The molecular formula is C17H15BrClN5O3S. The van der Waals surface area contributed by atoms with Crippen LogP contribution in [0.3, 0.4) is 0 Å². The van der Waals surface area contributed by atoms with Crippen molar-refractivity contribution in [3.05, 3.63) is 57.8 Å². The van der Waals surface area contributed by atoms with Gasteiger partial charge in [0.15, 0.2) is 0 Å². The van der Waals surface area contributed by atoms with E-state index in [4.69, 9.17) is 16.7 Å². The van der Waals surface area contributed by atoms with Gasteiger partial charge in [0, 0.05) is 23.1 Å². The van der Waals surface area contributed by atoms with Gasteiger partial charge in [-0.25, -0.2) is 18.2 Å². The topological polar surface area (TPSA) is 119 Å². The zero-order valence-corrected chi connectivity index (χ0v) is 17.5. The molecule has 28 heavy (non-hydrogen) atoms. The maximum Gasteiger partial charge on any atom is 0.240 e. The van der Waals surface area contributed by atoms with Gasteiger partial charge in [0.1, 0.15) is 4.90 Å². The highest BCUT2D eigenvalue weighted by Crippen LogP contribution is 2.25. The number of sulfonamides is 1. The Kier molecular flexibility index (Phi) is 6.14. The number of carbonyl (C=O) groups excluding carboxylic acids is 1. The van der Waals surface area contributed by atoms with E-state index in [9.17, 15) is 13.2 Å². The summed E-state index contributed by atoms with van der Waals surface area (Å²) in [6, 6.07) is 4.38. The van der Waals surface area contributed by atoms with Gasteiger partial charge in [-0.15, -0.1) is 0 Å². The van der Waals surface area contributed by atoms with E-state index >= 15 is 0 Å². The number of carbonyl (C=O) groups is 1. The first-order chi connectivity index (χ1) is 13.2. The fourth-order valence-corrected chi connectivity index (χ4v) is 3.75. The van der Waals surface area contributed by atoms with Gasteiger partial charge in [-0.1, -0.05) is 17.7 Å². The second-order valence-corrected chi connectivity index (χ2v) is 8.74. The van der Waals surface area contributed by atoms with Crippen molar-refractivity contribution in [1.82, 2.24) is 9.78 Å². The molecule has 8 nitrogen and oxygen atoms in total. The first kappa shape index (κ1) is 20.5. The number of halogens is 2. The van der Waals surface area contributed by atoms with E-state index in [2.05, 4.69) is 31.3 Å². The molecule has 0 saturated carbocycles. The molecule has 146 valence electrons. The van der Waals surface area contributed by atoms with Gasteiger partial charge >= 0.3 is 0 Å². The molecule has 0 unspecified atom stereocenters. The smallest absolute Gasteiger partial charge is 0.240 e. The van der Waals surface area contributed by atoms with Crippen LogP contribution in [0.4, 0.5) is 5.69 Å². The number of hydrogen-bond acceptors (Lipinski definition) is 5. The number of benzene rings is 1. The number of anilines is 1. The summed E-state index contributed by atoms with van der Waals surface area (Å²) in [6.07, 6.45) is 8.16. The Morgan fingerprint density at radius 1 is 1.39 bits per heavy atom. The molecule has 1 aromatic heterocycles. The lowest BCUT2D eigenvalue weighted by molar-refractivity contribution is -0.115. The van der Waals surface area contributed by atoms with Crippen LogP contribution in [0.5, 0.6) is 0 Å². The number of nitrogens with one attached hydrogen (secondary N) is 1. The number of primary sulfonamides is 1. The summed E-state index contributed by atoms with van der Waals surface area (Å²) in [5, 5.41) is 12.6. The summed E-state index contributed by atoms with van der Waals surface area (Å²) in [4.78, 5) is 16.3. The number of aromatic nitrogens is 2. The second kappa shape index (κ2) is 8.39. The predicted octanol–water partition coefficient (Wildman–Crippen LogP) is 2.74. The monoisotopic (exact) mass is 483 g/mol. The Balaban J connectivity index is 1.86. The van der Waals surface area contributed by atoms with Crippen LogP contribution < -0.4 is 10.5 Å². The molecule has 0 aliphatic carbocycles. The van der Waals surface area contributed by atoms with Gasteiger partial charge in [-0.05, 0) is 45.8 Å². The molecule has 0 saturated heterocycles. The van der Waals surface area contributed by atoms with E-state index in [1.807, 2.05) is 0 Å². The lowest BCUT2D eigenvalue weighted by Gasteiger charge is -2.12. The molecule has 1 aliphatic heterocycles. The van der Waals surface area contributed by atoms with Crippen molar-refractivity contribution in [2.45, 2.75) is 11.3 Å². The highest BCUT2D eigenvalue weighted by molar-refractivity contribution is 9.10. The normalized spacial score (nSPS) is 14.2. The maximum absolute atomic E-state index is 12.4. The quantitative estimate of drug-likeness (QED) is 0.678. The fraction of sp³-hybridized carbons (Fsp3) is 0.118. The number of allylic oxidation sites excluding steroid dienone is 2. The van der Waals surface area contributed by atoms with Gasteiger partial charge < -0.3 is 5.32 Å². The molecule has 0 atom stereocenters. The highest BCUT2D eigenvalue weighted by Gasteiger charge is 2.18. The third-order valence-electron chi connectivity index (χ3n) is 3.77. The third kappa shape index (κ3) is 4.96. The van der Waals surface area contributed by atoms with Crippen molar-refractivity contribution < 1.29 is 13.2 Å². The highest BCUT2D eigenvalue weighted by atomic mass is 79.9. The molecular weight excluding hydrogens is 470 g/mol. The zero-order valence-electron chi connectivity index (χ0n) is 14.3. The first-order valence-electron chi connectivity index (χ1n) is 7.95. The van der Waals surface area contributed by atoms with Crippen LogP contribution in [0.15, 0.2) is 67.7 Å². The Morgan fingerprint density at radius 3 is 2.86 bits per heavy atom. The molecule has 3 N–H and O–H groups in total. The minimum absolute atomic E-state index is 0.0251. The molecule has 0 radical (unpaired) electrons. The molecule has 1 amide bonds. The van der Waals surface area contributed by atoms with Crippen LogP contribution >= 0.6 is 27.5 Å². The van der Waals surface area contributed by atoms with Crippen LogP contribution in [0.1, 0.15) is 6.42 Å². The molecule has 1 aliphatic rings. The minimum atomic E-state index is -4.06. The van der Waals surface area contributed by atoms with Crippen molar-refractivity contribution in [1.29, 1.82) is 0 Å². The predicted molar refractivity (Wildman–Crippen MR) is 111 cm³/mol. The summed E-state index contributed by atoms with van der Waals surface area (Å²) in [7, 11) is -4.06. The fourth-order valence-electron chi connectivity index (χ4n) is 2.52. The van der Waals surface area contributed by atoms with E-state index < -0.39 is 10.0 Å². The Morgan fingerprint density at radius 2 is 2.18 bits per heavy atom. The van der Waals surface area contributed by atoms with Gasteiger partial charge in [-0.3, -0.25) is 9.79 Å². The number of amides is 1. The molecule has 0 spiro atoms. The number of aliphatic imine (C=N–C) groups is 1. The summed E-state index contributed by atoms with van der Waals surface area (Å²) in [6.45, 7) is 0.306. The third-order valence-corrected chi connectivity index (χ3v) is 5.48. The lowest BCUT2D eigenvalue weighted by atomic mass is 10.1. The van der Waals surface area contributed by atoms with Crippen LogP contribution in [-0.2, 0) is 14.8 Å². The first-order valence-corrected chi connectivity index (χ1v) is 10.7. The van der Waals surface area contributed by atoms with Gasteiger partial charge in [-0.2, -0.15) is 5.10 Å². The van der Waals surface area contributed by atoms with Crippen LogP contribution in [0, 0.1) is 0 Å². The van der Waals surface area contributed by atoms with Crippen molar-refractivity contribution in [2.24, 2.45) is 10.1 Å². The van der Waals surface area contributed by atoms with Gasteiger partial charge in [0.2, 0.25) is 15.9 Å². The van der Waals surface area contributed by atoms with Crippen molar-refractivity contribution in [2.75, 3.05) is 11.9 Å². The van der Waals surface area contributed by atoms with Gasteiger partial charge in [0.05, 0.1) is 29.3 Å². The number of nitrogens with two attached hydrogens (primary N) is 1. The molecule has 2 heterocycles. The molecule has 11 heteroatoms. The molecule has 3 rings (SSSR count). The Hall–Kier alpha value is -2.27. The molecule has 2 aromatic rings. The summed E-state index contributed by atoms with van der Waals surface area (Å²) >= 11 is 9.39. The SMILES string of the molecule is NS(=O)(=O)c1cc(NC(=O)CC2=C(Cl)CN=CC=C2)ccc1-n1cc(Br)cn1.